The Kier molecular flexibility index (Phi) is 5.51. The highest BCUT2D eigenvalue weighted by Gasteiger charge is 2.16. The van der Waals surface area contributed by atoms with Crippen molar-refractivity contribution in [3.05, 3.63) is 24.0 Å². The van der Waals surface area contributed by atoms with Crippen molar-refractivity contribution in [1.82, 2.24) is 10.3 Å². The summed E-state index contributed by atoms with van der Waals surface area (Å²) in [5.74, 6) is 0.234. The molecule has 1 amide bonds. The number of methoxy groups -OCH3 is 1. The van der Waals surface area contributed by atoms with Gasteiger partial charge in [0.1, 0.15) is 5.75 Å². The molecule has 1 aromatic rings. The first-order valence-corrected chi connectivity index (χ1v) is 6.06. The third-order valence-electron chi connectivity index (χ3n) is 2.52. The molecule has 0 radical (unpaired) electrons. The van der Waals surface area contributed by atoms with Crippen molar-refractivity contribution in [2.75, 3.05) is 7.11 Å². The largest absolute Gasteiger partial charge is 0.494 e. The lowest BCUT2D eigenvalue weighted by atomic mass is 10.1. The second-order valence-electron chi connectivity index (χ2n) is 3.83. The number of nitrogens with zero attached hydrogens (tertiary/aromatic N) is 1. The van der Waals surface area contributed by atoms with E-state index in [2.05, 4.69) is 10.3 Å². The van der Waals surface area contributed by atoms with Crippen LogP contribution in [-0.4, -0.2) is 29.0 Å². The minimum Gasteiger partial charge on any atom is -0.494 e. The number of ether oxygens (including phenoxy) is 1. The van der Waals surface area contributed by atoms with E-state index in [4.69, 9.17) is 22.7 Å². The third-order valence-corrected chi connectivity index (χ3v) is 2.69. The summed E-state index contributed by atoms with van der Waals surface area (Å²) in [4.78, 5) is 16.4. The van der Waals surface area contributed by atoms with E-state index in [9.17, 15) is 4.79 Å². The molecule has 6 heteroatoms. The molecule has 0 spiro atoms. The van der Waals surface area contributed by atoms with Crippen LogP contribution in [0.3, 0.4) is 0 Å². The van der Waals surface area contributed by atoms with Gasteiger partial charge in [0, 0.05) is 18.7 Å². The standard InChI is InChI=1S/C12H17N3O2S/c1-3-8(6-11(13)18)15-12(16)9-4-5-14-7-10(9)17-2/h4-5,7-8H,3,6H2,1-2H3,(H2,13,18)(H,15,16). The van der Waals surface area contributed by atoms with Crippen molar-refractivity contribution in [3.8, 4) is 5.75 Å². The summed E-state index contributed by atoms with van der Waals surface area (Å²) < 4.78 is 5.09. The molecule has 0 aromatic carbocycles. The van der Waals surface area contributed by atoms with Crippen LogP contribution in [0.2, 0.25) is 0 Å². The Hall–Kier alpha value is -1.69. The van der Waals surface area contributed by atoms with Gasteiger partial charge in [-0.15, -0.1) is 0 Å². The van der Waals surface area contributed by atoms with Crippen molar-refractivity contribution >= 4 is 23.1 Å². The second-order valence-corrected chi connectivity index (χ2v) is 4.35. The van der Waals surface area contributed by atoms with Gasteiger partial charge in [-0.05, 0) is 12.5 Å². The fourth-order valence-corrected chi connectivity index (χ4v) is 1.73. The summed E-state index contributed by atoms with van der Waals surface area (Å²) in [5, 5.41) is 2.87. The molecule has 0 bridgehead atoms. The Morgan fingerprint density at radius 3 is 2.94 bits per heavy atom. The Morgan fingerprint density at radius 2 is 2.39 bits per heavy atom. The highest BCUT2D eigenvalue weighted by Crippen LogP contribution is 2.15. The molecule has 1 aromatic heterocycles. The van der Waals surface area contributed by atoms with Crippen molar-refractivity contribution < 1.29 is 9.53 Å². The number of carbonyl (C=O) groups excluding carboxylic acids is 1. The summed E-state index contributed by atoms with van der Waals surface area (Å²) in [5.41, 5.74) is 5.94. The molecule has 98 valence electrons. The number of nitrogens with one attached hydrogen (secondary N) is 1. The number of amides is 1. The average molecular weight is 267 g/mol. The molecular formula is C12H17N3O2S. The Morgan fingerprint density at radius 1 is 1.67 bits per heavy atom. The van der Waals surface area contributed by atoms with E-state index in [1.807, 2.05) is 6.92 Å². The smallest absolute Gasteiger partial charge is 0.255 e. The van der Waals surface area contributed by atoms with Crippen molar-refractivity contribution in [1.29, 1.82) is 0 Å². The van der Waals surface area contributed by atoms with Gasteiger partial charge in [-0.3, -0.25) is 9.78 Å². The van der Waals surface area contributed by atoms with Crippen LogP contribution in [0.1, 0.15) is 30.1 Å². The first kappa shape index (κ1) is 14.4. The van der Waals surface area contributed by atoms with E-state index >= 15 is 0 Å². The van der Waals surface area contributed by atoms with Crippen LogP contribution in [0.4, 0.5) is 0 Å². The van der Waals surface area contributed by atoms with Gasteiger partial charge in [-0.1, -0.05) is 19.1 Å². The van der Waals surface area contributed by atoms with Gasteiger partial charge in [0.2, 0.25) is 0 Å². The van der Waals surface area contributed by atoms with Gasteiger partial charge in [-0.25, -0.2) is 0 Å². The van der Waals surface area contributed by atoms with Crippen LogP contribution < -0.4 is 15.8 Å². The zero-order valence-electron chi connectivity index (χ0n) is 10.5. The quantitative estimate of drug-likeness (QED) is 0.759. The van der Waals surface area contributed by atoms with Gasteiger partial charge in [0.15, 0.2) is 0 Å². The van der Waals surface area contributed by atoms with Gasteiger partial charge in [0.05, 0.1) is 23.9 Å². The lowest BCUT2D eigenvalue weighted by molar-refractivity contribution is 0.0934. The van der Waals surface area contributed by atoms with E-state index in [1.54, 1.807) is 12.3 Å². The number of aromatic nitrogens is 1. The maximum absolute atomic E-state index is 12.1. The first-order valence-electron chi connectivity index (χ1n) is 5.65. The molecule has 1 rings (SSSR count). The number of thiocarbonyl (C=S) groups is 1. The molecule has 1 atom stereocenters. The zero-order valence-corrected chi connectivity index (χ0v) is 11.3. The molecule has 0 aliphatic rings. The van der Waals surface area contributed by atoms with Gasteiger partial charge >= 0.3 is 0 Å². The topological polar surface area (TPSA) is 77.2 Å². The van der Waals surface area contributed by atoms with Crippen LogP contribution in [0.15, 0.2) is 18.5 Å². The molecule has 18 heavy (non-hydrogen) atoms. The summed E-state index contributed by atoms with van der Waals surface area (Å²) in [6.07, 6.45) is 4.30. The molecule has 0 aliphatic heterocycles. The number of hydrogen-bond acceptors (Lipinski definition) is 4. The Bertz CT molecular complexity index is 437. The Labute approximate surface area is 112 Å². The van der Waals surface area contributed by atoms with Gasteiger partial charge in [0.25, 0.3) is 5.91 Å². The van der Waals surface area contributed by atoms with Crippen molar-refractivity contribution in [3.63, 3.8) is 0 Å². The molecule has 0 saturated carbocycles. The van der Waals surface area contributed by atoms with E-state index < -0.39 is 0 Å². The normalized spacial score (nSPS) is 11.7. The van der Waals surface area contributed by atoms with Crippen molar-refractivity contribution in [2.45, 2.75) is 25.8 Å². The van der Waals surface area contributed by atoms with E-state index in [0.29, 0.717) is 22.7 Å². The predicted molar refractivity (Wildman–Crippen MR) is 73.7 cm³/mol. The van der Waals surface area contributed by atoms with Gasteiger partial charge in [-0.2, -0.15) is 0 Å². The molecule has 1 heterocycles. The average Bonchev–Trinajstić information content (AvgIpc) is 2.37. The first-order chi connectivity index (χ1) is 8.58. The zero-order chi connectivity index (χ0) is 13.5. The highest BCUT2D eigenvalue weighted by molar-refractivity contribution is 7.80. The van der Waals surface area contributed by atoms with Crippen molar-refractivity contribution in [2.24, 2.45) is 5.73 Å². The molecule has 1 unspecified atom stereocenters. The second kappa shape index (κ2) is 6.90. The summed E-state index contributed by atoms with van der Waals surface area (Å²) in [7, 11) is 1.50. The maximum atomic E-state index is 12.1. The Balaban J connectivity index is 2.77. The highest BCUT2D eigenvalue weighted by atomic mass is 32.1. The summed E-state index contributed by atoms with van der Waals surface area (Å²) >= 11 is 4.85. The number of pyridine rings is 1. The monoisotopic (exact) mass is 267 g/mol. The van der Waals surface area contributed by atoms with Crippen LogP contribution in [-0.2, 0) is 0 Å². The minimum absolute atomic E-state index is 0.0622. The van der Waals surface area contributed by atoms with Crippen LogP contribution in [0.5, 0.6) is 5.75 Å². The third kappa shape index (κ3) is 3.96. The van der Waals surface area contributed by atoms with Crippen LogP contribution in [0.25, 0.3) is 0 Å². The lowest BCUT2D eigenvalue weighted by Gasteiger charge is -2.17. The number of rotatable bonds is 6. The van der Waals surface area contributed by atoms with Gasteiger partial charge < -0.3 is 15.8 Å². The van der Waals surface area contributed by atoms with E-state index in [0.717, 1.165) is 6.42 Å². The molecule has 3 N–H and O–H groups in total. The van der Waals surface area contributed by atoms with Crippen LogP contribution in [0, 0.1) is 0 Å². The van der Waals surface area contributed by atoms with E-state index in [1.165, 1.54) is 13.3 Å². The SMILES string of the molecule is CCC(CC(N)=S)NC(=O)c1ccncc1OC. The fraction of sp³-hybridized carbons (Fsp3) is 0.417. The summed E-state index contributed by atoms with van der Waals surface area (Å²) in [6.45, 7) is 1.97. The molecule has 0 aliphatic carbocycles. The predicted octanol–water partition coefficient (Wildman–Crippen LogP) is 1.27. The number of carbonyl (C=O) groups is 1. The molecule has 5 nitrogen and oxygen atoms in total. The minimum atomic E-state index is -0.211. The van der Waals surface area contributed by atoms with Crippen LogP contribution >= 0.6 is 12.2 Å². The lowest BCUT2D eigenvalue weighted by Crippen LogP contribution is -2.37. The molecular weight excluding hydrogens is 250 g/mol. The number of nitrogens with two attached hydrogens (primary N) is 1. The molecule has 0 fully saturated rings. The number of hydrogen-bond donors (Lipinski definition) is 2. The molecule has 0 saturated heterocycles. The fourth-order valence-electron chi connectivity index (χ4n) is 1.53. The summed E-state index contributed by atoms with van der Waals surface area (Å²) in [6, 6.07) is 1.55. The maximum Gasteiger partial charge on any atom is 0.255 e. The van der Waals surface area contributed by atoms with E-state index in [-0.39, 0.29) is 11.9 Å².